The van der Waals surface area contributed by atoms with Gasteiger partial charge in [0, 0.05) is 55.0 Å². The van der Waals surface area contributed by atoms with Crippen LogP contribution in [0.5, 0.6) is 5.75 Å². The maximum Gasteiger partial charge on any atom is 0.247 e. The van der Waals surface area contributed by atoms with E-state index < -0.39 is 28.7 Å². The first kappa shape index (κ1) is 36.6. The Hall–Kier alpha value is -3.16. The number of morpholine rings is 1. The van der Waals surface area contributed by atoms with Gasteiger partial charge in [0.05, 0.1) is 49.1 Å². The van der Waals surface area contributed by atoms with Gasteiger partial charge in [-0.2, -0.15) is 0 Å². The summed E-state index contributed by atoms with van der Waals surface area (Å²) in [6.07, 6.45) is 3.94. The second-order valence-electron chi connectivity index (χ2n) is 13.2. The Labute approximate surface area is 307 Å². The first-order valence-corrected chi connectivity index (χ1v) is 19.2. The van der Waals surface area contributed by atoms with Gasteiger partial charge in [0.15, 0.2) is 0 Å². The molecule has 4 aliphatic rings. The molecule has 3 unspecified atom stereocenters. The third-order valence-electron chi connectivity index (χ3n) is 10.4. The van der Waals surface area contributed by atoms with Gasteiger partial charge in [0.1, 0.15) is 11.8 Å². The first-order chi connectivity index (χ1) is 24.3. The Morgan fingerprint density at radius 1 is 1.10 bits per heavy atom. The third-order valence-corrected chi connectivity index (χ3v) is 13.6. The summed E-state index contributed by atoms with van der Waals surface area (Å²) < 4.78 is 10.3. The minimum Gasteiger partial charge on any atom is -0.494 e. The zero-order chi connectivity index (χ0) is 35.4. The van der Waals surface area contributed by atoms with Crippen LogP contribution in [-0.4, -0.2) is 124 Å². The second kappa shape index (κ2) is 16.0. The molecular formula is C38H47BrN4O6S. The van der Waals surface area contributed by atoms with Crippen molar-refractivity contribution < 1.29 is 29.0 Å². The number of carbonyl (C=O) groups excluding carboxylic acids is 3. The van der Waals surface area contributed by atoms with Crippen LogP contribution >= 0.6 is 27.7 Å². The number of amides is 3. The summed E-state index contributed by atoms with van der Waals surface area (Å²) in [5.74, 6) is -1.39. The number of carbonyl (C=O) groups is 3. The molecule has 0 saturated carbocycles. The van der Waals surface area contributed by atoms with Crippen LogP contribution in [0.4, 0.5) is 5.69 Å². The number of nitrogens with zero attached hydrogens (tertiary/aromatic N) is 4. The lowest BCUT2D eigenvalue weighted by Gasteiger charge is -2.40. The van der Waals surface area contributed by atoms with Crippen molar-refractivity contribution in [1.29, 1.82) is 0 Å². The molecule has 2 aromatic carbocycles. The molecular weight excluding hydrogens is 720 g/mol. The number of hydrogen-bond acceptors (Lipinski definition) is 8. The zero-order valence-electron chi connectivity index (χ0n) is 28.6. The van der Waals surface area contributed by atoms with Crippen LogP contribution in [0.15, 0.2) is 79.9 Å². The Morgan fingerprint density at radius 2 is 1.80 bits per heavy atom. The lowest BCUT2D eigenvalue weighted by molar-refractivity contribution is -0.146. The highest BCUT2D eigenvalue weighted by Crippen LogP contribution is 2.69. The molecule has 1 N–H and O–H groups in total. The molecule has 4 heterocycles. The molecule has 4 aliphatic heterocycles. The summed E-state index contributed by atoms with van der Waals surface area (Å²) >= 11 is 5.50. The van der Waals surface area contributed by atoms with Gasteiger partial charge < -0.3 is 29.3 Å². The number of halogens is 1. The average Bonchev–Trinajstić information content (AvgIpc) is 3.73. The normalized spacial score (nSPS) is 27.9. The molecule has 0 aromatic heterocycles. The number of aliphatic hydroxyl groups is 1. The molecule has 7 atom stereocenters. The van der Waals surface area contributed by atoms with Gasteiger partial charge in [-0.3, -0.25) is 19.3 Å². The number of likely N-dealkylation sites (tertiary alicyclic amines) is 1. The van der Waals surface area contributed by atoms with E-state index in [1.54, 1.807) is 38.6 Å². The van der Waals surface area contributed by atoms with Crippen molar-refractivity contribution >= 4 is 51.1 Å². The van der Waals surface area contributed by atoms with Gasteiger partial charge in [-0.05, 0) is 43.2 Å². The first-order valence-electron chi connectivity index (χ1n) is 17.4. The lowest BCUT2D eigenvalue weighted by Crippen LogP contribution is -2.57. The second-order valence-corrected chi connectivity index (χ2v) is 15.9. The molecule has 10 nitrogen and oxygen atoms in total. The highest BCUT2D eigenvalue weighted by Gasteiger charge is 2.76. The van der Waals surface area contributed by atoms with Crippen molar-refractivity contribution in [3.8, 4) is 5.75 Å². The smallest absolute Gasteiger partial charge is 0.247 e. The van der Waals surface area contributed by atoms with Gasteiger partial charge >= 0.3 is 0 Å². The summed E-state index contributed by atoms with van der Waals surface area (Å²) in [4.78, 5) is 52.3. The number of aliphatic hydroxyl groups excluding tert-OH is 1. The maximum atomic E-state index is 15.1. The monoisotopic (exact) mass is 766 g/mol. The van der Waals surface area contributed by atoms with Gasteiger partial charge in [-0.1, -0.05) is 58.4 Å². The molecule has 50 heavy (non-hydrogen) atoms. The van der Waals surface area contributed by atoms with Crippen molar-refractivity contribution in [3.63, 3.8) is 0 Å². The largest absolute Gasteiger partial charge is 0.494 e. The van der Waals surface area contributed by atoms with E-state index in [0.29, 0.717) is 57.3 Å². The topological polar surface area (TPSA) is 103 Å². The standard InChI is InChI=1S/C38H47BrN4O6S/c1-4-16-41(19-18-40-20-22-48-23-21-40)37(47)34-38-24-29(39)33(50-38)31(32(38)36(46)43(34)30(25-44)26-10-8-7-9-11-26)35(45)42(17-5-2)27-12-14-28(15-13-27)49-6-3/h4-5,7-15,29-34,44H,1-2,6,16-25H2,3H3/t29?,30-,31-,32+,33-,34?,38?/m1/s1. The highest BCUT2D eigenvalue weighted by atomic mass is 79.9. The molecule has 6 rings (SSSR count). The van der Waals surface area contributed by atoms with Crippen molar-refractivity contribution in [2.75, 3.05) is 70.6 Å². The number of rotatable bonds is 15. The van der Waals surface area contributed by atoms with Crippen LogP contribution in [0.25, 0.3) is 0 Å². The van der Waals surface area contributed by atoms with Gasteiger partial charge in [0.2, 0.25) is 17.7 Å². The fourth-order valence-corrected chi connectivity index (χ4v) is 11.8. The maximum absolute atomic E-state index is 15.1. The molecule has 2 bridgehead atoms. The molecule has 2 aromatic rings. The van der Waals surface area contributed by atoms with E-state index in [2.05, 4.69) is 34.0 Å². The number of thioether (sulfide) groups is 1. The molecule has 4 saturated heterocycles. The van der Waals surface area contributed by atoms with Crippen LogP contribution in [0.3, 0.4) is 0 Å². The minimum absolute atomic E-state index is 0.0998. The fourth-order valence-electron chi connectivity index (χ4n) is 8.22. The SMILES string of the molecule is C=CCN(CCN1CCOCC1)C(=O)C1N([C@H](CO)c2ccccc2)C(=O)[C@@H]2[C@@H](C(=O)N(CC=C)c3ccc(OCC)cc3)[C@@H]3SC12CC3Br. The Bertz CT molecular complexity index is 1540. The lowest BCUT2D eigenvalue weighted by atomic mass is 9.70. The molecule has 4 fully saturated rings. The van der Waals surface area contributed by atoms with Crippen LogP contribution in [0.2, 0.25) is 0 Å². The van der Waals surface area contributed by atoms with E-state index in [1.807, 2.05) is 61.5 Å². The number of anilines is 1. The predicted molar refractivity (Wildman–Crippen MR) is 200 cm³/mol. The van der Waals surface area contributed by atoms with Crippen LogP contribution in [-0.2, 0) is 19.1 Å². The Morgan fingerprint density at radius 3 is 2.44 bits per heavy atom. The molecule has 0 radical (unpaired) electrons. The van der Waals surface area contributed by atoms with Crippen LogP contribution in [0.1, 0.15) is 24.9 Å². The summed E-state index contributed by atoms with van der Waals surface area (Å²) in [5.41, 5.74) is 1.42. The number of fused-ring (bicyclic) bond motifs is 1. The average molecular weight is 768 g/mol. The molecule has 268 valence electrons. The van der Waals surface area contributed by atoms with Crippen LogP contribution < -0.4 is 9.64 Å². The minimum atomic E-state index is -0.895. The van der Waals surface area contributed by atoms with Gasteiger partial charge in [0.25, 0.3) is 0 Å². The van der Waals surface area contributed by atoms with Crippen LogP contribution in [0, 0.1) is 11.8 Å². The van der Waals surface area contributed by atoms with E-state index in [1.165, 1.54) is 0 Å². The van der Waals surface area contributed by atoms with Crippen molar-refractivity contribution in [1.82, 2.24) is 14.7 Å². The molecule has 3 amide bonds. The quantitative estimate of drug-likeness (QED) is 0.213. The number of alkyl halides is 1. The van der Waals surface area contributed by atoms with E-state index in [9.17, 15) is 9.90 Å². The zero-order valence-corrected chi connectivity index (χ0v) is 31.0. The fraction of sp³-hybridized carbons (Fsp3) is 0.500. The van der Waals surface area contributed by atoms with E-state index in [4.69, 9.17) is 9.47 Å². The molecule has 1 spiro atoms. The summed E-state index contributed by atoms with van der Waals surface area (Å²) in [5, 5.41) is 10.7. The number of ether oxygens (including phenoxy) is 2. The van der Waals surface area contributed by atoms with Crippen molar-refractivity contribution in [2.24, 2.45) is 11.8 Å². The third kappa shape index (κ3) is 6.77. The molecule has 0 aliphatic carbocycles. The number of benzene rings is 2. The van der Waals surface area contributed by atoms with Crippen molar-refractivity contribution in [2.45, 2.75) is 40.3 Å². The van der Waals surface area contributed by atoms with Gasteiger partial charge in [-0.15, -0.1) is 24.9 Å². The summed E-state index contributed by atoms with van der Waals surface area (Å²) in [6, 6.07) is 15.1. The summed E-state index contributed by atoms with van der Waals surface area (Å²) in [7, 11) is 0. The van der Waals surface area contributed by atoms with E-state index >= 15 is 9.59 Å². The molecule has 12 heteroatoms. The van der Waals surface area contributed by atoms with Gasteiger partial charge in [-0.25, -0.2) is 0 Å². The van der Waals surface area contributed by atoms with Crippen molar-refractivity contribution in [3.05, 3.63) is 85.5 Å². The number of hydrogen-bond donors (Lipinski definition) is 1. The summed E-state index contributed by atoms with van der Waals surface area (Å²) in [6.45, 7) is 14.5. The van der Waals surface area contributed by atoms with E-state index in [0.717, 1.165) is 18.7 Å². The van der Waals surface area contributed by atoms with E-state index in [-0.39, 0.29) is 41.0 Å². The Balaban J connectivity index is 1.40. The Kier molecular flexibility index (Phi) is 11.7. The highest BCUT2D eigenvalue weighted by molar-refractivity contribution is 9.09. The predicted octanol–water partition coefficient (Wildman–Crippen LogP) is 4.15.